The van der Waals surface area contributed by atoms with E-state index in [0.717, 1.165) is 12.8 Å². The van der Waals surface area contributed by atoms with Crippen LogP contribution in [0.4, 0.5) is 0 Å². The molecule has 6 nitrogen and oxygen atoms in total. The Morgan fingerprint density at radius 3 is 2.10 bits per heavy atom. The molecule has 21 heavy (non-hydrogen) atoms. The van der Waals surface area contributed by atoms with Gasteiger partial charge in [-0.1, -0.05) is 0 Å². The van der Waals surface area contributed by atoms with Crippen molar-refractivity contribution in [1.29, 1.82) is 0 Å². The summed E-state index contributed by atoms with van der Waals surface area (Å²) in [4.78, 5) is 10.9. The van der Waals surface area contributed by atoms with Crippen LogP contribution in [0.3, 0.4) is 0 Å². The summed E-state index contributed by atoms with van der Waals surface area (Å²) in [5.74, 6) is -1.08. The summed E-state index contributed by atoms with van der Waals surface area (Å²) in [7, 11) is -3.63. The Morgan fingerprint density at radius 2 is 1.62 bits per heavy atom. The number of carboxylic acids is 1. The number of aliphatic hydroxyl groups excluding tert-OH is 1. The first kappa shape index (κ1) is 14.5. The predicted octanol–water partition coefficient (Wildman–Crippen LogP) is 1.06. The minimum atomic E-state index is -3.63. The van der Waals surface area contributed by atoms with E-state index in [-0.39, 0.29) is 22.5 Å². The van der Waals surface area contributed by atoms with E-state index in [0.29, 0.717) is 12.8 Å². The lowest BCUT2D eigenvalue weighted by atomic mass is 10.0. The Morgan fingerprint density at radius 1 is 1.10 bits per heavy atom. The summed E-state index contributed by atoms with van der Waals surface area (Å²) in [5.41, 5.74) is 0.0611. The molecule has 1 aromatic rings. The van der Waals surface area contributed by atoms with Crippen molar-refractivity contribution in [3.8, 4) is 0 Å². The van der Waals surface area contributed by atoms with Gasteiger partial charge in [0.25, 0.3) is 0 Å². The fourth-order valence-corrected chi connectivity index (χ4v) is 5.28. The molecule has 0 spiro atoms. The van der Waals surface area contributed by atoms with Crippen molar-refractivity contribution in [3.63, 3.8) is 0 Å². The van der Waals surface area contributed by atoms with Crippen molar-refractivity contribution in [2.45, 2.75) is 48.8 Å². The number of hydrogen-bond acceptors (Lipinski definition) is 4. The van der Waals surface area contributed by atoms with Crippen LogP contribution in [-0.2, 0) is 10.0 Å². The molecule has 2 aliphatic rings. The molecule has 2 N–H and O–H groups in total. The van der Waals surface area contributed by atoms with Crippen molar-refractivity contribution in [1.82, 2.24) is 4.31 Å². The quantitative estimate of drug-likeness (QED) is 0.870. The Balaban J connectivity index is 1.92. The Labute approximate surface area is 123 Å². The van der Waals surface area contributed by atoms with Gasteiger partial charge in [0, 0.05) is 12.1 Å². The van der Waals surface area contributed by atoms with Gasteiger partial charge in [0.15, 0.2) is 0 Å². The van der Waals surface area contributed by atoms with E-state index in [1.54, 1.807) is 0 Å². The summed E-state index contributed by atoms with van der Waals surface area (Å²) in [5, 5.41) is 18.6. The Kier molecular flexibility index (Phi) is 3.51. The molecule has 1 aromatic carbocycles. The number of benzene rings is 1. The van der Waals surface area contributed by atoms with Gasteiger partial charge in [0.2, 0.25) is 10.0 Å². The summed E-state index contributed by atoms with van der Waals surface area (Å²) < 4.78 is 27.0. The van der Waals surface area contributed by atoms with Gasteiger partial charge in [-0.15, -0.1) is 0 Å². The SMILES string of the molecule is O=C(O)c1ccc(S(=O)(=O)N2C3CCC2CC(O)C3)cc1. The van der Waals surface area contributed by atoms with Crippen molar-refractivity contribution >= 4 is 16.0 Å². The van der Waals surface area contributed by atoms with Gasteiger partial charge in [0.05, 0.1) is 16.6 Å². The van der Waals surface area contributed by atoms with Crippen LogP contribution in [0.25, 0.3) is 0 Å². The van der Waals surface area contributed by atoms with Crippen LogP contribution in [0.5, 0.6) is 0 Å². The zero-order valence-electron chi connectivity index (χ0n) is 11.3. The van der Waals surface area contributed by atoms with E-state index in [9.17, 15) is 18.3 Å². The lowest BCUT2D eigenvalue weighted by molar-refractivity contribution is 0.0695. The number of hydrogen-bond donors (Lipinski definition) is 2. The third kappa shape index (κ3) is 2.45. The summed E-state index contributed by atoms with van der Waals surface area (Å²) >= 11 is 0. The van der Waals surface area contributed by atoms with Gasteiger partial charge in [-0.3, -0.25) is 0 Å². The molecule has 2 saturated heterocycles. The first-order valence-corrected chi connectivity index (χ1v) is 8.38. The number of carbonyl (C=O) groups is 1. The lowest BCUT2D eigenvalue weighted by Gasteiger charge is -2.36. The number of fused-ring (bicyclic) bond motifs is 2. The van der Waals surface area contributed by atoms with Crippen LogP contribution in [-0.4, -0.2) is 47.1 Å². The second-order valence-electron chi connectivity index (χ2n) is 5.67. The fourth-order valence-electron chi connectivity index (χ4n) is 3.39. The van der Waals surface area contributed by atoms with Crippen molar-refractivity contribution in [2.24, 2.45) is 0 Å². The molecule has 2 aliphatic heterocycles. The van der Waals surface area contributed by atoms with Crippen LogP contribution < -0.4 is 0 Å². The molecule has 2 atom stereocenters. The number of rotatable bonds is 3. The van der Waals surface area contributed by atoms with Gasteiger partial charge in [-0.2, -0.15) is 4.31 Å². The van der Waals surface area contributed by atoms with Crippen molar-refractivity contribution in [3.05, 3.63) is 29.8 Å². The zero-order chi connectivity index (χ0) is 15.2. The normalized spacial score (nSPS) is 29.5. The summed E-state index contributed by atoms with van der Waals surface area (Å²) in [6.45, 7) is 0. The number of aliphatic hydroxyl groups is 1. The molecule has 0 saturated carbocycles. The van der Waals surface area contributed by atoms with Crippen LogP contribution in [0.1, 0.15) is 36.0 Å². The van der Waals surface area contributed by atoms with Gasteiger partial charge in [0.1, 0.15) is 0 Å². The van der Waals surface area contributed by atoms with E-state index in [1.165, 1.54) is 28.6 Å². The molecule has 0 aliphatic carbocycles. The standard InChI is InChI=1S/C14H17NO5S/c16-12-7-10-3-4-11(8-12)15(10)21(19,20)13-5-1-9(2-6-13)14(17)18/h1-2,5-6,10-12,16H,3-4,7-8H2,(H,17,18). The van der Waals surface area contributed by atoms with Crippen molar-refractivity contribution in [2.75, 3.05) is 0 Å². The number of piperidine rings is 1. The third-order valence-electron chi connectivity index (χ3n) is 4.32. The average Bonchev–Trinajstić information content (AvgIpc) is 2.72. The van der Waals surface area contributed by atoms with Gasteiger partial charge >= 0.3 is 5.97 Å². The van der Waals surface area contributed by atoms with E-state index in [2.05, 4.69) is 0 Å². The maximum atomic E-state index is 12.7. The van der Waals surface area contributed by atoms with E-state index in [1.807, 2.05) is 0 Å². The minimum absolute atomic E-state index is 0.0611. The minimum Gasteiger partial charge on any atom is -0.478 e. The highest BCUT2D eigenvalue weighted by Crippen LogP contribution is 2.39. The Bertz CT molecular complexity index is 640. The first-order chi connectivity index (χ1) is 9.89. The molecule has 2 heterocycles. The molecule has 3 rings (SSSR count). The van der Waals surface area contributed by atoms with E-state index < -0.39 is 22.1 Å². The van der Waals surface area contributed by atoms with E-state index >= 15 is 0 Å². The number of sulfonamides is 1. The van der Waals surface area contributed by atoms with Gasteiger partial charge < -0.3 is 10.2 Å². The third-order valence-corrected chi connectivity index (χ3v) is 6.34. The summed E-state index contributed by atoms with van der Waals surface area (Å²) in [6.07, 6.45) is 2.07. The van der Waals surface area contributed by atoms with Crippen molar-refractivity contribution < 1.29 is 23.4 Å². The largest absolute Gasteiger partial charge is 0.478 e. The van der Waals surface area contributed by atoms with Crippen LogP contribution in [0.2, 0.25) is 0 Å². The number of aromatic carboxylic acids is 1. The molecule has 2 fully saturated rings. The Hall–Kier alpha value is -1.44. The molecule has 2 unspecified atom stereocenters. The maximum Gasteiger partial charge on any atom is 0.335 e. The first-order valence-electron chi connectivity index (χ1n) is 6.94. The highest BCUT2D eigenvalue weighted by Gasteiger charge is 2.46. The smallest absolute Gasteiger partial charge is 0.335 e. The molecular formula is C14H17NO5S. The molecule has 0 radical (unpaired) electrons. The lowest BCUT2D eigenvalue weighted by Crippen LogP contribution is -2.47. The molecule has 114 valence electrons. The van der Waals surface area contributed by atoms with Crippen LogP contribution >= 0.6 is 0 Å². The monoisotopic (exact) mass is 311 g/mol. The zero-order valence-corrected chi connectivity index (χ0v) is 12.2. The molecule has 0 amide bonds. The average molecular weight is 311 g/mol. The highest BCUT2D eigenvalue weighted by atomic mass is 32.2. The molecular weight excluding hydrogens is 294 g/mol. The van der Waals surface area contributed by atoms with Gasteiger partial charge in [-0.25, -0.2) is 13.2 Å². The van der Waals surface area contributed by atoms with Crippen LogP contribution in [0, 0.1) is 0 Å². The van der Waals surface area contributed by atoms with E-state index in [4.69, 9.17) is 5.11 Å². The predicted molar refractivity (Wildman–Crippen MR) is 74.5 cm³/mol. The van der Waals surface area contributed by atoms with Gasteiger partial charge in [-0.05, 0) is 49.9 Å². The number of carboxylic acid groups (broad SMARTS) is 1. The fraction of sp³-hybridized carbons (Fsp3) is 0.500. The topological polar surface area (TPSA) is 94.9 Å². The second kappa shape index (κ2) is 5.08. The maximum absolute atomic E-state index is 12.7. The number of nitrogens with zero attached hydrogens (tertiary/aromatic N) is 1. The summed E-state index contributed by atoms with van der Waals surface area (Å²) in [6, 6.07) is 4.98. The van der Waals surface area contributed by atoms with Crippen LogP contribution in [0.15, 0.2) is 29.2 Å². The molecule has 7 heteroatoms. The second-order valence-corrected chi connectivity index (χ2v) is 7.52. The molecule has 2 bridgehead atoms. The highest BCUT2D eigenvalue weighted by molar-refractivity contribution is 7.89. The molecule has 0 aromatic heterocycles.